The smallest absolute Gasteiger partial charge is 0.387 e. The van der Waals surface area contributed by atoms with Crippen LogP contribution in [0.5, 0.6) is 11.8 Å². The number of ether oxygens (including phenoxy) is 2. The summed E-state index contributed by atoms with van der Waals surface area (Å²) in [6.07, 6.45) is 4.55. The maximum absolute atomic E-state index is 13.2. The van der Waals surface area contributed by atoms with E-state index in [0.717, 1.165) is 10.0 Å². The number of hydrogen-bond acceptors (Lipinski definition) is 6. The zero-order valence-corrected chi connectivity index (χ0v) is 16.4. The lowest BCUT2D eigenvalue weighted by molar-refractivity contribution is -0.0499. The summed E-state index contributed by atoms with van der Waals surface area (Å²) >= 11 is 0. The van der Waals surface area contributed by atoms with Gasteiger partial charge in [0.05, 0.1) is 17.5 Å². The lowest BCUT2D eigenvalue weighted by atomic mass is 10.1. The molecule has 0 saturated carbocycles. The Kier molecular flexibility index (Phi) is 5.08. The van der Waals surface area contributed by atoms with Gasteiger partial charge in [-0.2, -0.15) is 8.78 Å². The summed E-state index contributed by atoms with van der Waals surface area (Å²) in [7, 11) is -2.59. The fourth-order valence-corrected chi connectivity index (χ4v) is 4.37. The lowest BCUT2D eigenvalue weighted by Gasteiger charge is -2.10. The number of nitrogens with zero attached hydrogens (tertiary/aromatic N) is 3. The van der Waals surface area contributed by atoms with Crippen LogP contribution in [0.15, 0.2) is 72.0 Å². The Labute approximate surface area is 170 Å². The van der Waals surface area contributed by atoms with E-state index in [-0.39, 0.29) is 16.7 Å². The average Bonchev–Trinajstić information content (AvgIpc) is 3.17. The van der Waals surface area contributed by atoms with Crippen molar-refractivity contribution in [2.45, 2.75) is 11.5 Å². The van der Waals surface area contributed by atoms with Crippen molar-refractivity contribution in [1.29, 1.82) is 0 Å². The third-order valence-corrected chi connectivity index (χ3v) is 6.07. The summed E-state index contributed by atoms with van der Waals surface area (Å²) in [5, 5.41) is 0.691. The summed E-state index contributed by atoms with van der Waals surface area (Å²) in [5.41, 5.74) is 1.80. The van der Waals surface area contributed by atoms with E-state index in [1.54, 1.807) is 30.6 Å². The minimum absolute atomic E-state index is 0.170. The molecule has 0 N–H and O–H groups in total. The molecule has 0 atom stereocenters. The van der Waals surface area contributed by atoms with Gasteiger partial charge in [-0.05, 0) is 29.8 Å². The molecule has 0 aliphatic carbocycles. The monoisotopic (exact) mass is 431 g/mol. The molecular weight excluding hydrogens is 416 g/mol. The van der Waals surface area contributed by atoms with Gasteiger partial charge in [0.15, 0.2) is 0 Å². The fourth-order valence-electron chi connectivity index (χ4n) is 2.99. The summed E-state index contributed by atoms with van der Waals surface area (Å²) in [4.78, 5) is 7.95. The molecule has 0 amide bonds. The van der Waals surface area contributed by atoms with E-state index in [1.165, 1.54) is 31.5 Å². The zero-order valence-electron chi connectivity index (χ0n) is 15.6. The van der Waals surface area contributed by atoms with Crippen LogP contribution < -0.4 is 9.47 Å². The van der Waals surface area contributed by atoms with Crippen LogP contribution in [-0.4, -0.2) is 36.1 Å². The van der Waals surface area contributed by atoms with E-state index < -0.39 is 16.6 Å². The van der Waals surface area contributed by atoms with Crippen molar-refractivity contribution < 1.29 is 26.7 Å². The predicted molar refractivity (Wildman–Crippen MR) is 105 cm³/mol. The van der Waals surface area contributed by atoms with Gasteiger partial charge in [-0.25, -0.2) is 22.4 Å². The molecule has 2 aromatic heterocycles. The first kappa shape index (κ1) is 19.8. The molecule has 0 spiro atoms. The third kappa shape index (κ3) is 3.69. The number of hydrogen-bond donors (Lipinski definition) is 0. The first-order valence-electron chi connectivity index (χ1n) is 8.66. The highest BCUT2D eigenvalue weighted by Gasteiger charge is 2.20. The van der Waals surface area contributed by atoms with Crippen LogP contribution >= 0.6 is 0 Å². The van der Waals surface area contributed by atoms with Gasteiger partial charge in [0, 0.05) is 35.6 Å². The molecular formula is C20H15F2N3O4S. The number of aromatic nitrogens is 3. The van der Waals surface area contributed by atoms with Gasteiger partial charge in [-0.15, -0.1) is 0 Å². The highest BCUT2D eigenvalue weighted by molar-refractivity contribution is 7.90. The number of rotatable bonds is 6. The van der Waals surface area contributed by atoms with Gasteiger partial charge < -0.3 is 9.47 Å². The molecule has 0 aliphatic heterocycles. The van der Waals surface area contributed by atoms with Gasteiger partial charge in [0.2, 0.25) is 0 Å². The topological polar surface area (TPSA) is 83.3 Å². The Balaban J connectivity index is 1.78. The van der Waals surface area contributed by atoms with Crippen LogP contribution in [0.3, 0.4) is 0 Å². The standard InChI is InChI=1S/C20H15F2N3O4S/c1-28-20-23-11-15(12-24-20)14-6-5-13-7-8-25(18(13)9-14)30(26,27)17-4-2-3-16(10-17)29-19(21)22/h2-12,19H,1H3. The lowest BCUT2D eigenvalue weighted by Crippen LogP contribution is -2.12. The third-order valence-electron chi connectivity index (χ3n) is 4.39. The molecule has 154 valence electrons. The van der Waals surface area contributed by atoms with Crippen molar-refractivity contribution >= 4 is 20.9 Å². The van der Waals surface area contributed by atoms with E-state index in [2.05, 4.69) is 14.7 Å². The first-order valence-corrected chi connectivity index (χ1v) is 10.1. The number of methoxy groups -OCH3 is 1. The molecule has 0 unspecified atom stereocenters. The van der Waals surface area contributed by atoms with Crippen molar-refractivity contribution in [2.75, 3.05) is 7.11 Å². The molecule has 4 rings (SSSR count). The van der Waals surface area contributed by atoms with Gasteiger partial charge >= 0.3 is 12.6 Å². The van der Waals surface area contributed by atoms with Crippen LogP contribution in [0.25, 0.3) is 22.0 Å². The Morgan fingerprint density at radius 1 is 1.00 bits per heavy atom. The number of halogens is 2. The number of alkyl halides is 2. The second kappa shape index (κ2) is 7.71. The van der Waals surface area contributed by atoms with Crippen molar-refractivity contribution in [3.05, 3.63) is 67.1 Å². The number of benzene rings is 2. The van der Waals surface area contributed by atoms with Gasteiger partial charge in [0.25, 0.3) is 10.0 Å². The van der Waals surface area contributed by atoms with Gasteiger partial charge in [0.1, 0.15) is 5.75 Å². The Bertz CT molecular complexity index is 1310. The molecule has 0 aliphatic rings. The summed E-state index contributed by atoms with van der Waals surface area (Å²) in [6, 6.07) is 12.2. The number of fused-ring (bicyclic) bond motifs is 1. The second-order valence-corrected chi connectivity index (χ2v) is 8.02. The van der Waals surface area contributed by atoms with E-state index in [0.29, 0.717) is 22.0 Å². The summed E-state index contributed by atoms with van der Waals surface area (Å²) in [5.74, 6) is -0.237. The molecule has 0 saturated heterocycles. The van der Waals surface area contributed by atoms with Crippen molar-refractivity contribution in [1.82, 2.24) is 13.9 Å². The molecule has 2 heterocycles. The minimum atomic E-state index is -4.05. The van der Waals surface area contributed by atoms with Crippen LogP contribution in [0.2, 0.25) is 0 Å². The molecule has 10 heteroatoms. The molecule has 2 aromatic carbocycles. The first-order chi connectivity index (χ1) is 14.4. The maximum atomic E-state index is 13.2. The zero-order chi connectivity index (χ0) is 21.3. The molecule has 0 fully saturated rings. The Morgan fingerprint density at radius 2 is 1.77 bits per heavy atom. The maximum Gasteiger partial charge on any atom is 0.387 e. The predicted octanol–water partition coefficient (Wildman–Crippen LogP) is 3.95. The normalized spacial score (nSPS) is 11.7. The van der Waals surface area contributed by atoms with E-state index in [1.807, 2.05) is 6.07 Å². The van der Waals surface area contributed by atoms with Crippen molar-refractivity contribution in [2.24, 2.45) is 0 Å². The van der Waals surface area contributed by atoms with Crippen LogP contribution in [-0.2, 0) is 10.0 Å². The molecule has 7 nitrogen and oxygen atoms in total. The van der Waals surface area contributed by atoms with E-state index >= 15 is 0 Å². The summed E-state index contributed by atoms with van der Waals surface area (Å²) in [6.45, 7) is -3.05. The summed E-state index contributed by atoms with van der Waals surface area (Å²) < 4.78 is 61.7. The molecule has 30 heavy (non-hydrogen) atoms. The largest absolute Gasteiger partial charge is 0.467 e. The van der Waals surface area contributed by atoms with Crippen LogP contribution in [0.4, 0.5) is 8.78 Å². The molecule has 4 aromatic rings. The van der Waals surface area contributed by atoms with E-state index in [4.69, 9.17) is 4.74 Å². The van der Waals surface area contributed by atoms with Crippen LogP contribution in [0.1, 0.15) is 0 Å². The van der Waals surface area contributed by atoms with E-state index in [9.17, 15) is 17.2 Å². The Hall–Kier alpha value is -3.53. The van der Waals surface area contributed by atoms with Crippen molar-refractivity contribution in [3.63, 3.8) is 0 Å². The average molecular weight is 431 g/mol. The highest BCUT2D eigenvalue weighted by Crippen LogP contribution is 2.29. The van der Waals surface area contributed by atoms with Gasteiger partial charge in [-0.1, -0.05) is 18.2 Å². The second-order valence-electron chi connectivity index (χ2n) is 6.20. The molecule has 0 radical (unpaired) electrons. The Morgan fingerprint density at radius 3 is 2.47 bits per heavy atom. The minimum Gasteiger partial charge on any atom is -0.467 e. The van der Waals surface area contributed by atoms with Crippen LogP contribution in [0, 0.1) is 0 Å². The highest BCUT2D eigenvalue weighted by atomic mass is 32.2. The van der Waals surface area contributed by atoms with Gasteiger partial charge in [-0.3, -0.25) is 0 Å². The molecule has 0 bridgehead atoms. The quantitative estimate of drug-likeness (QED) is 0.460. The fraction of sp³-hybridized carbons (Fsp3) is 0.100. The SMILES string of the molecule is COc1ncc(-c2ccc3ccn(S(=O)(=O)c4cccc(OC(F)F)c4)c3c2)cn1. The van der Waals surface area contributed by atoms with Crippen molar-refractivity contribution in [3.8, 4) is 22.9 Å².